The van der Waals surface area contributed by atoms with Crippen LogP contribution in [0.4, 0.5) is 0 Å². The van der Waals surface area contributed by atoms with E-state index in [1.165, 1.54) is 0 Å². The molecule has 1 rings (SSSR count). The molecule has 0 heterocycles. The van der Waals surface area contributed by atoms with Crippen LogP contribution in [0.25, 0.3) is 0 Å². The first-order valence-corrected chi connectivity index (χ1v) is 6.86. The Morgan fingerprint density at radius 2 is 1.95 bits per heavy atom. The van der Waals surface area contributed by atoms with Gasteiger partial charge in [0, 0.05) is 13.1 Å². The van der Waals surface area contributed by atoms with Gasteiger partial charge in [0.05, 0.1) is 12.0 Å². The van der Waals surface area contributed by atoms with Gasteiger partial charge in [0.15, 0.2) is 0 Å². The zero-order valence-corrected chi connectivity index (χ0v) is 12.5. The Kier molecular flexibility index (Phi) is 6.13. The Bertz CT molecular complexity index is 441. The standard InChI is InChI=1S/C15H25N3O2/c1-4-18(11-15(2,3)20)10-13-8-6-5-7-12(13)9-14(19)17-16/h5-8,20H,4,9-11,16H2,1-3H3,(H,17,19). The number of carbonyl (C=O) groups excluding carboxylic acids is 1. The molecule has 0 saturated carbocycles. The highest BCUT2D eigenvalue weighted by Crippen LogP contribution is 2.14. The van der Waals surface area contributed by atoms with Crippen LogP contribution in [-0.4, -0.2) is 34.6 Å². The van der Waals surface area contributed by atoms with Crippen molar-refractivity contribution >= 4 is 5.91 Å². The number of nitrogens with two attached hydrogens (primary N) is 1. The highest BCUT2D eigenvalue weighted by Gasteiger charge is 2.18. The maximum atomic E-state index is 11.4. The van der Waals surface area contributed by atoms with Gasteiger partial charge in [-0.05, 0) is 31.5 Å². The third kappa shape index (κ3) is 5.69. The molecule has 0 aliphatic carbocycles. The number of nitrogens with zero attached hydrogens (tertiary/aromatic N) is 1. The lowest BCUT2D eigenvalue weighted by Gasteiger charge is -2.28. The van der Waals surface area contributed by atoms with Crippen LogP contribution >= 0.6 is 0 Å². The monoisotopic (exact) mass is 279 g/mol. The molecule has 0 unspecified atom stereocenters. The topological polar surface area (TPSA) is 78.6 Å². The molecule has 1 amide bonds. The summed E-state index contributed by atoms with van der Waals surface area (Å²) in [6.45, 7) is 7.77. The SMILES string of the molecule is CCN(Cc1ccccc1CC(=O)NN)CC(C)(C)O. The van der Waals surface area contributed by atoms with E-state index in [1.54, 1.807) is 13.8 Å². The summed E-state index contributed by atoms with van der Waals surface area (Å²) in [4.78, 5) is 13.6. The second-order valence-corrected chi connectivity index (χ2v) is 5.63. The summed E-state index contributed by atoms with van der Waals surface area (Å²) in [6, 6.07) is 7.81. The molecule has 0 aromatic heterocycles. The van der Waals surface area contributed by atoms with Gasteiger partial charge in [0.1, 0.15) is 0 Å². The van der Waals surface area contributed by atoms with Crippen LogP contribution in [0.3, 0.4) is 0 Å². The lowest BCUT2D eigenvalue weighted by atomic mass is 10.0. The number of hydrogen-bond donors (Lipinski definition) is 3. The lowest BCUT2D eigenvalue weighted by Crippen LogP contribution is -2.38. The van der Waals surface area contributed by atoms with Gasteiger partial charge in [-0.2, -0.15) is 0 Å². The lowest BCUT2D eigenvalue weighted by molar-refractivity contribution is -0.120. The van der Waals surface area contributed by atoms with Crippen LogP contribution in [0.2, 0.25) is 0 Å². The fourth-order valence-electron chi connectivity index (χ4n) is 2.18. The molecule has 0 aliphatic heterocycles. The normalized spacial score (nSPS) is 11.7. The molecule has 112 valence electrons. The molecule has 0 saturated heterocycles. The number of nitrogens with one attached hydrogen (secondary N) is 1. The number of hydrazine groups is 1. The van der Waals surface area contributed by atoms with Gasteiger partial charge in [-0.3, -0.25) is 15.1 Å². The van der Waals surface area contributed by atoms with Crippen molar-refractivity contribution in [2.45, 2.75) is 39.3 Å². The summed E-state index contributed by atoms with van der Waals surface area (Å²) in [5.74, 6) is 4.93. The van der Waals surface area contributed by atoms with Gasteiger partial charge in [-0.1, -0.05) is 31.2 Å². The van der Waals surface area contributed by atoms with E-state index >= 15 is 0 Å². The fourth-order valence-corrected chi connectivity index (χ4v) is 2.18. The third-order valence-corrected chi connectivity index (χ3v) is 3.08. The van der Waals surface area contributed by atoms with Gasteiger partial charge < -0.3 is 5.11 Å². The minimum atomic E-state index is -0.737. The van der Waals surface area contributed by atoms with Gasteiger partial charge in [0.25, 0.3) is 0 Å². The second-order valence-electron chi connectivity index (χ2n) is 5.63. The minimum absolute atomic E-state index is 0.206. The van der Waals surface area contributed by atoms with Crippen LogP contribution in [0.5, 0.6) is 0 Å². The Labute approximate surface area is 120 Å². The largest absolute Gasteiger partial charge is 0.389 e. The van der Waals surface area contributed by atoms with Gasteiger partial charge in [-0.15, -0.1) is 0 Å². The Balaban J connectivity index is 2.82. The predicted octanol–water partition coefficient (Wildman–Crippen LogP) is 0.812. The first-order chi connectivity index (χ1) is 9.35. The third-order valence-electron chi connectivity index (χ3n) is 3.08. The smallest absolute Gasteiger partial charge is 0.238 e. The summed E-state index contributed by atoms with van der Waals surface area (Å²) in [6.07, 6.45) is 0.271. The van der Waals surface area contributed by atoms with E-state index in [1.807, 2.05) is 24.3 Å². The molecule has 4 N–H and O–H groups in total. The number of likely N-dealkylation sites (N-methyl/N-ethyl adjacent to an activating group) is 1. The van der Waals surface area contributed by atoms with Crippen molar-refractivity contribution in [3.8, 4) is 0 Å². The molecular formula is C15H25N3O2. The molecule has 1 aromatic rings. The van der Waals surface area contributed by atoms with Crippen molar-refractivity contribution < 1.29 is 9.90 Å². The number of carbonyl (C=O) groups is 1. The maximum Gasteiger partial charge on any atom is 0.238 e. The van der Waals surface area contributed by atoms with E-state index in [0.29, 0.717) is 13.1 Å². The van der Waals surface area contributed by atoms with Crippen LogP contribution in [-0.2, 0) is 17.8 Å². The van der Waals surface area contributed by atoms with E-state index < -0.39 is 5.60 Å². The number of aliphatic hydroxyl groups is 1. The predicted molar refractivity (Wildman–Crippen MR) is 79.7 cm³/mol. The molecule has 0 atom stereocenters. The van der Waals surface area contributed by atoms with E-state index in [0.717, 1.165) is 17.7 Å². The molecule has 0 radical (unpaired) electrons. The maximum absolute atomic E-state index is 11.4. The van der Waals surface area contributed by atoms with Gasteiger partial charge >= 0.3 is 0 Å². The van der Waals surface area contributed by atoms with E-state index in [9.17, 15) is 9.90 Å². The first-order valence-electron chi connectivity index (χ1n) is 6.86. The molecule has 5 heteroatoms. The Morgan fingerprint density at radius 1 is 1.35 bits per heavy atom. The molecular weight excluding hydrogens is 254 g/mol. The average Bonchev–Trinajstić information content (AvgIpc) is 2.38. The average molecular weight is 279 g/mol. The Hall–Kier alpha value is -1.43. The summed E-state index contributed by atoms with van der Waals surface area (Å²) < 4.78 is 0. The molecule has 0 bridgehead atoms. The van der Waals surface area contributed by atoms with Crippen molar-refractivity contribution in [2.75, 3.05) is 13.1 Å². The van der Waals surface area contributed by atoms with Crippen molar-refractivity contribution in [3.05, 3.63) is 35.4 Å². The van der Waals surface area contributed by atoms with Crippen LogP contribution in [0.15, 0.2) is 24.3 Å². The molecule has 0 fully saturated rings. The molecule has 5 nitrogen and oxygen atoms in total. The number of hydrogen-bond acceptors (Lipinski definition) is 4. The molecule has 1 aromatic carbocycles. The summed E-state index contributed by atoms with van der Waals surface area (Å²) >= 11 is 0. The summed E-state index contributed by atoms with van der Waals surface area (Å²) in [5, 5.41) is 9.93. The Morgan fingerprint density at radius 3 is 2.45 bits per heavy atom. The van der Waals surface area contributed by atoms with Crippen molar-refractivity contribution in [3.63, 3.8) is 0 Å². The van der Waals surface area contributed by atoms with Crippen molar-refractivity contribution in [2.24, 2.45) is 5.84 Å². The zero-order chi connectivity index (χ0) is 15.2. The minimum Gasteiger partial charge on any atom is -0.389 e. The highest BCUT2D eigenvalue weighted by molar-refractivity contribution is 5.78. The first kappa shape index (κ1) is 16.6. The molecule has 20 heavy (non-hydrogen) atoms. The fraction of sp³-hybridized carbons (Fsp3) is 0.533. The zero-order valence-electron chi connectivity index (χ0n) is 12.5. The van der Waals surface area contributed by atoms with Gasteiger partial charge in [-0.25, -0.2) is 5.84 Å². The summed E-state index contributed by atoms with van der Waals surface area (Å²) in [5.41, 5.74) is 3.47. The highest BCUT2D eigenvalue weighted by atomic mass is 16.3. The van der Waals surface area contributed by atoms with Crippen LogP contribution in [0.1, 0.15) is 31.9 Å². The van der Waals surface area contributed by atoms with Crippen LogP contribution < -0.4 is 11.3 Å². The molecule has 0 aliphatic rings. The van der Waals surface area contributed by atoms with E-state index in [-0.39, 0.29) is 12.3 Å². The second kappa shape index (κ2) is 7.38. The number of benzene rings is 1. The quantitative estimate of drug-likeness (QED) is 0.392. The number of rotatable bonds is 7. The molecule has 0 spiro atoms. The van der Waals surface area contributed by atoms with E-state index in [2.05, 4.69) is 17.2 Å². The van der Waals surface area contributed by atoms with Crippen LogP contribution in [0, 0.1) is 0 Å². The van der Waals surface area contributed by atoms with E-state index in [4.69, 9.17) is 5.84 Å². The summed E-state index contributed by atoms with van der Waals surface area (Å²) in [7, 11) is 0. The van der Waals surface area contributed by atoms with Crippen molar-refractivity contribution in [1.29, 1.82) is 0 Å². The van der Waals surface area contributed by atoms with Gasteiger partial charge in [0.2, 0.25) is 5.91 Å². The van der Waals surface area contributed by atoms with Crippen molar-refractivity contribution in [1.82, 2.24) is 10.3 Å². The number of amides is 1.